The van der Waals surface area contributed by atoms with Gasteiger partial charge in [0.05, 0.1) is 4.91 Å². The van der Waals surface area contributed by atoms with Crippen LogP contribution in [-0.2, 0) is 9.59 Å². The van der Waals surface area contributed by atoms with Gasteiger partial charge in [-0.15, -0.1) is 24.8 Å². The third-order valence-corrected chi connectivity index (χ3v) is 5.46. The Morgan fingerprint density at radius 1 is 1.39 bits per heavy atom. The second-order valence-corrected chi connectivity index (χ2v) is 8.43. The van der Waals surface area contributed by atoms with E-state index in [0.29, 0.717) is 22.1 Å². The first-order valence-electron chi connectivity index (χ1n) is 9.64. The van der Waals surface area contributed by atoms with Crippen LogP contribution in [0.15, 0.2) is 28.1 Å². The van der Waals surface area contributed by atoms with Crippen LogP contribution < -0.4 is 15.9 Å². The lowest BCUT2D eigenvalue weighted by Gasteiger charge is -2.28. The Bertz CT molecular complexity index is 861. The molecule has 7 nitrogen and oxygen atoms in total. The van der Waals surface area contributed by atoms with Gasteiger partial charge in [-0.1, -0.05) is 13.8 Å². The van der Waals surface area contributed by atoms with E-state index in [2.05, 4.69) is 10.4 Å². The average molecular weight is 493 g/mol. The molecule has 31 heavy (non-hydrogen) atoms. The highest BCUT2D eigenvalue weighted by Gasteiger charge is 2.27. The Kier molecular flexibility index (Phi) is 11.0. The topological polar surface area (TPSA) is 97.0 Å². The zero-order valence-electron chi connectivity index (χ0n) is 17.3. The van der Waals surface area contributed by atoms with Crippen LogP contribution in [-0.4, -0.2) is 41.2 Å². The van der Waals surface area contributed by atoms with Crippen molar-refractivity contribution in [3.8, 4) is 5.75 Å². The Balaban J connectivity index is 0.00000240. The number of carbonyl (C=O) groups excluding carboxylic acids is 2. The van der Waals surface area contributed by atoms with E-state index >= 15 is 0 Å². The van der Waals surface area contributed by atoms with E-state index in [0.717, 1.165) is 32.0 Å². The zero-order chi connectivity index (χ0) is 21.0. The maximum atomic E-state index is 13.8. The lowest BCUT2D eigenvalue weighted by atomic mass is 10.0. The molecule has 0 radical (unpaired) electrons. The monoisotopic (exact) mass is 492 g/mol. The van der Waals surface area contributed by atoms with Gasteiger partial charge in [0.15, 0.2) is 5.17 Å². The fourth-order valence-electron chi connectivity index (χ4n) is 3.01. The van der Waals surface area contributed by atoms with E-state index in [9.17, 15) is 14.0 Å². The normalized spacial score (nSPS) is 18.4. The van der Waals surface area contributed by atoms with Crippen molar-refractivity contribution in [2.75, 3.05) is 13.1 Å². The average Bonchev–Trinajstić information content (AvgIpc) is 3.04. The predicted molar refractivity (Wildman–Crippen MR) is 126 cm³/mol. The molecular formula is C20H27Cl2FN4O3S. The molecule has 2 aliphatic heterocycles. The highest BCUT2D eigenvalue weighted by Crippen LogP contribution is 2.33. The molecule has 1 fully saturated rings. The number of hydrogen-bond donors (Lipinski definition) is 2. The first-order chi connectivity index (χ1) is 13.8. The summed E-state index contributed by atoms with van der Waals surface area (Å²) in [5.41, 5.74) is 9.49. The highest BCUT2D eigenvalue weighted by molar-refractivity contribution is 8.18. The van der Waals surface area contributed by atoms with Crippen LogP contribution in [0.4, 0.5) is 4.39 Å². The zero-order valence-corrected chi connectivity index (χ0v) is 19.7. The minimum Gasteiger partial charge on any atom is -0.425 e. The number of hydrazine groups is 1. The number of nitrogens with two attached hydrogens (primary N) is 1. The molecule has 0 spiro atoms. The summed E-state index contributed by atoms with van der Waals surface area (Å²) < 4.78 is 19.1. The van der Waals surface area contributed by atoms with E-state index in [-0.39, 0.29) is 42.4 Å². The summed E-state index contributed by atoms with van der Waals surface area (Å²) in [4.78, 5) is 29.1. The number of ether oxygens (including phenoxy) is 1. The van der Waals surface area contributed by atoms with Crippen molar-refractivity contribution in [3.05, 3.63) is 34.5 Å². The van der Waals surface area contributed by atoms with Crippen LogP contribution in [0, 0.1) is 11.7 Å². The predicted octanol–water partition coefficient (Wildman–Crippen LogP) is 3.52. The number of aliphatic imine (C=N–C) groups is 1. The smallest absolute Gasteiger partial charge is 0.328 e. The van der Waals surface area contributed by atoms with Crippen molar-refractivity contribution < 1.29 is 18.7 Å². The Labute approximate surface area is 197 Å². The maximum absolute atomic E-state index is 13.8. The number of nitrogens with one attached hydrogen (secondary N) is 1. The number of rotatable bonds is 5. The van der Waals surface area contributed by atoms with E-state index in [1.54, 1.807) is 6.08 Å². The van der Waals surface area contributed by atoms with Crippen LogP contribution in [0.1, 0.15) is 38.7 Å². The van der Waals surface area contributed by atoms with E-state index in [1.165, 1.54) is 23.9 Å². The first kappa shape index (κ1) is 27.4. The Hall–Kier alpha value is -1.65. The number of amidine groups is 1. The largest absolute Gasteiger partial charge is 0.425 e. The van der Waals surface area contributed by atoms with Crippen molar-refractivity contribution >= 4 is 59.7 Å². The number of benzene rings is 1. The minimum absolute atomic E-state index is 0. The van der Waals surface area contributed by atoms with Gasteiger partial charge in [-0.2, -0.15) is 4.99 Å². The number of esters is 1. The summed E-state index contributed by atoms with van der Waals surface area (Å²) in [5.74, 6) is -1.32. The molecule has 1 saturated heterocycles. The summed E-state index contributed by atoms with van der Waals surface area (Å²) in [6.07, 6.45) is 4.12. The number of nitrogens with zero attached hydrogens (tertiary/aromatic N) is 2. The van der Waals surface area contributed by atoms with Crippen LogP contribution >= 0.6 is 36.6 Å². The Morgan fingerprint density at radius 3 is 2.77 bits per heavy atom. The number of amides is 1. The molecule has 1 amide bonds. The second-order valence-electron chi connectivity index (χ2n) is 7.42. The van der Waals surface area contributed by atoms with Gasteiger partial charge >= 0.3 is 5.97 Å². The maximum Gasteiger partial charge on any atom is 0.328 e. The second kappa shape index (κ2) is 12.4. The van der Waals surface area contributed by atoms with Crippen LogP contribution in [0.5, 0.6) is 5.75 Å². The third kappa shape index (κ3) is 7.47. The SMILES string of the molecule is CC(C)C[C@H](N)C(=O)Oc1cc(F)ccc1/C=C1/SC(N2CCCCN2)=NC1=O.Cl.Cl. The fourth-order valence-corrected chi connectivity index (χ4v) is 3.92. The van der Waals surface area contributed by atoms with Gasteiger partial charge in [0, 0.05) is 24.7 Å². The summed E-state index contributed by atoms with van der Waals surface area (Å²) in [6, 6.07) is 3.02. The number of carbonyl (C=O) groups is 2. The lowest BCUT2D eigenvalue weighted by molar-refractivity contribution is -0.136. The number of halogens is 3. The third-order valence-electron chi connectivity index (χ3n) is 4.45. The quantitative estimate of drug-likeness (QED) is 0.368. The van der Waals surface area contributed by atoms with Crippen LogP contribution in [0.3, 0.4) is 0 Å². The van der Waals surface area contributed by atoms with Gasteiger partial charge in [-0.05, 0) is 55.2 Å². The summed E-state index contributed by atoms with van der Waals surface area (Å²) in [5, 5.41) is 2.45. The fraction of sp³-hybridized carbons (Fsp3) is 0.450. The van der Waals surface area contributed by atoms with Crippen LogP contribution in [0.25, 0.3) is 6.08 Å². The lowest BCUT2D eigenvalue weighted by Crippen LogP contribution is -2.45. The highest BCUT2D eigenvalue weighted by atomic mass is 35.5. The molecule has 0 aliphatic carbocycles. The minimum atomic E-state index is -0.804. The van der Waals surface area contributed by atoms with Gasteiger partial charge in [-0.3, -0.25) is 9.80 Å². The molecule has 0 aromatic heterocycles. The molecule has 1 atom stereocenters. The molecule has 0 bridgehead atoms. The van der Waals surface area contributed by atoms with Crippen molar-refractivity contribution in [2.24, 2.45) is 16.6 Å². The standard InChI is InChI=1S/C20H25FN4O3S.2ClH/c1-12(2)9-15(22)19(27)28-16-11-14(21)6-5-13(16)10-17-18(26)24-20(29-17)25-8-4-3-7-23-25;;/h5-6,10-12,15,23H,3-4,7-9,22H2,1-2H3;2*1H/b17-10+;;/t15-;;/m0../s1. The molecule has 2 aliphatic rings. The summed E-state index contributed by atoms with van der Waals surface area (Å²) in [6.45, 7) is 5.51. The molecule has 3 rings (SSSR count). The molecule has 1 aromatic rings. The van der Waals surface area contributed by atoms with Gasteiger partial charge in [-0.25, -0.2) is 14.6 Å². The van der Waals surface area contributed by atoms with Crippen molar-refractivity contribution in [1.29, 1.82) is 0 Å². The Morgan fingerprint density at radius 2 is 2.13 bits per heavy atom. The van der Waals surface area contributed by atoms with Crippen molar-refractivity contribution in [2.45, 2.75) is 39.2 Å². The van der Waals surface area contributed by atoms with E-state index in [4.69, 9.17) is 10.5 Å². The molecule has 3 N–H and O–H groups in total. The molecule has 2 heterocycles. The van der Waals surface area contributed by atoms with E-state index < -0.39 is 17.8 Å². The van der Waals surface area contributed by atoms with Gasteiger partial charge in [0.2, 0.25) is 0 Å². The molecule has 11 heteroatoms. The summed E-state index contributed by atoms with van der Waals surface area (Å²) in [7, 11) is 0. The van der Waals surface area contributed by atoms with Crippen molar-refractivity contribution in [3.63, 3.8) is 0 Å². The molecule has 172 valence electrons. The molecule has 0 unspecified atom stereocenters. The van der Waals surface area contributed by atoms with Gasteiger partial charge < -0.3 is 10.5 Å². The molecule has 0 saturated carbocycles. The number of thioether (sulfide) groups is 1. The summed E-state index contributed by atoms with van der Waals surface area (Å²) >= 11 is 1.23. The van der Waals surface area contributed by atoms with Crippen molar-refractivity contribution in [1.82, 2.24) is 10.4 Å². The van der Waals surface area contributed by atoms with Crippen LogP contribution in [0.2, 0.25) is 0 Å². The first-order valence-corrected chi connectivity index (χ1v) is 10.5. The van der Waals surface area contributed by atoms with Gasteiger partial charge in [0.1, 0.15) is 17.6 Å². The number of hydrogen-bond acceptors (Lipinski definition) is 7. The molecule has 1 aromatic carbocycles. The van der Waals surface area contributed by atoms with E-state index in [1.807, 2.05) is 18.9 Å². The van der Waals surface area contributed by atoms with Gasteiger partial charge in [0.25, 0.3) is 5.91 Å². The molecular weight excluding hydrogens is 466 g/mol.